The van der Waals surface area contributed by atoms with Gasteiger partial charge in [0.25, 0.3) is 0 Å². The average molecular weight is 212 g/mol. The standard InChI is InChI=1S/C11H22.C3H6O/c1-9(2)7-11-6-4-5-10(3)8-11;1-2-3-4/h9-11H,4-8H2,1-3H3;3H,2H2,1H3/t10-,11-;/m0./s1. The molecule has 1 saturated carbocycles. The van der Waals surface area contributed by atoms with E-state index in [2.05, 4.69) is 20.8 Å². The molecular formula is C14H28O. The summed E-state index contributed by atoms with van der Waals surface area (Å²) in [6.45, 7) is 8.91. The number of hydrogen-bond acceptors (Lipinski definition) is 1. The number of hydrogen-bond donors (Lipinski definition) is 0. The van der Waals surface area contributed by atoms with Crippen LogP contribution in [0.5, 0.6) is 0 Å². The molecule has 90 valence electrons. The quantitative estimate of drug-likeness (QED) is 0.631. The molecular weight excluding hydrogens is 184 g/mol. The van der Waals surface area contributed by atoms with Crippen molar-refractivity contribution in [2.24, 2.45) is 17.8 Å². The van der Waals surface area contributed by atoms with Gasteiger partial charge in [0.05, 0.1) is 0 Å². The van der Waals surface area contributed by atoms with Crippen molar-refractivity contribution in [3.05, 3.63) is 0 Å². The largest absolute Gasteiger partial charge is 0.303 e. The first kappa shape index (κ1) is 14.7. The minimum atomic E-state index is 0.639. The van der Waals surface area contributed by atoms with Crippen LogP contribution in [0.15, 0.2) is 0 Å². The van der Waals surface area contributed by atoms with Gasteiger partial charge in [0.2, 0.25) is 0 Å². The Kier molecular flexibility index (Phi) is 8.74. The van der Waals surface area contributed by atoms with Crippen LogP contribution >= 0.6 is 0 Å². The maximum Gasteiger partial charge on any atom is 0.119 e. The molecule has 0 aromatic rings. The van der Waals surface area contributed by atoms with E-state index in [0.29, 0.717) is 6.42 Å². The molecule has 0 aliphatic heterocycles. The lowest BCUT2D eigenvalue weighted by Gasteiger charge is -2.27. The van der Waals surface area contributed by atoms with Gasteiger partial charge in [-0.25, -0.2) is 0 Å². The fraction of sp³-hybridized carbons (Fsp3) is 0.929. The topological polar surface area (TPSA) is 17.1 Å². The summed E-state index contributed by atoms with van der Waals surface area (Å²) >= 11 is 0. The van der Waals surface area contributed by atoms with Gasteiger partial charge in [-0.2, -0.15) is 0 Å². The maximum atomic E-state index is 9.17. The van der Waals surface area contributed by atoms with Crippen molar-refractivity contribution in [2.45, 2.75) is 66.2 Å². The van der Waals surface area contributed by atoms with Crippen LogP contribution < -0.4 is 0 Å². The van der Waals surface area contributed by atoms with E-state index in [-0.39, 0.29) is 0 Å². The molecule has 15 heavy (non-hydrogen) atoms. The molecule has 0 bridgehead atoms. The molecule has 0 radical (unpaired) electrons. The van der Waals surface area contributed by atoms with Crippen LogP contribution in [0, 0.1) is 17.8 Å². The first-order chi connectivity index (χ1) is 7.10. The first-order valence-electron chi connectivity index (χ1n) is 6.53. The van der Waals surface area contributed by atoms with Gasteiger partial charge in [-0.1, -0.05) is 47.0 Å². The summed E-state index contributed by atoms with van der Waals surface area (Å²) in [6.07, 6.45) is 8.94. The Morgan fingerprint density at radius 3 is 2.33 bits per heavy atom. The van der Waals surface area contributed by atoms with Gasteiger partial charge in [0.1, 0.15) is 6.29 Å². The zero-order valence-corrected chi connectivity index (χ0v) is 11.0. The van der Waals surface area contributed by atoms with Crippen LogP contribution in [0.3, 0.4) is 0 Å². The van der Waals surface area contributed by atoms with Gasteiger partial charge in [0.15, 0.2) is 0 Å². The number of rotatable bonds is 3. The SMILES string of the molecule is CC(C)C[C@@H]1CCC[C@H](C)C1.CCC=O. The van der Waals surface area contributed by atoms with Gasteiger partial charge in [-0.05, 0) is 30.6 Å². The molecule has 1 heteroatoms. The highest BCUT2D eigenvalue weighted by Crippen LogP contribution is 2.32. The molecule has 0 N–H and O–H groups in total. The lowest BCUT2D eigenvalue weighted by atomic mass is 9.79. The van der Waals surface area contributed by atoms with Gasteiger partial charge in [0, 0.05) is 6.42 Å². The van der Waals surface area contributed by atoms with Gasteiger partial charge < -0.3 is 4.79 Å². The first-order valence-corrected chi connectivity index (χ1v) is 6.53. The lowest BCUT2D eigenvalue weighted by molar-refractivity contribution is -0.107. The summed E-state index contributed by atoms with van der Waals surface area (Å²) in [4.78, 5) is 9.17. The lowest BCUT2D eigenvalue weighted by Crippen LogP contribution is -2.14. The monoisotopic (exact) mass is 212 g/mol. The fourth-order valence-corrected chi connectivity index (χ4v) is 2.44. The molecule has 0 aromatic carbocycles. The van der Waals surface area contributed by atoms with Crippen molar-refractivity contribution in [3.8, 4) is 0 Å². The Labute approximate surface area is 95.6 Å². The van der Waals surface area contributed by atoms with E-state index in [1.54, 1.807) is 0 Å². The van der Waals surface area contributed by atoms with Gasteiger partial charge in [-0.3, -0.25) is 0 Å². The third-order valence-electron chi connectivity index (χ3n) is 3.02. The minimum Gasteiger partial charge on any atom is -0.303 e. The highest BCUT2D eigenvalue weighted by Gasteiger charge is 2.19. The van der Waals surface area contributed by atoms with Crippen molar-refractivity contribution >= 4 is 6.29 Å². The van der Waals surface area contributed by atoms with Crippen molar-refractivity contribution in [1.82, 2.24) is 0 Å². The van der Waals surface area contributed by atoms with Crippen LogP contribution in [-0.2, 0) is 4.79 Å². The minimum absolute atomic E-state index is 0.639. The highest BCUT2D eigenvalue weighted by molar-refractivity contribution is 5.48. The summed E-state index contributed by atoms with van der Waals surface area (Å²) in [6, 6.07) is 0. The molecule has 1 aliphatic rings. The summed E-state index contributed by atoms with van der Waals surface area (Å²) in [5.41, 5.74) is 0. The predicted molar refractivity (Wildman–Crippen MR) is 66.9 cm³/mol. The number of carbonyl (C=O) groups excluding carboxylic acids is 1. The Bertz CT molecular complexity index is 149. The highest BCUT2D eigenvalue weighted by atomic mass is 16.1. The molecule has 0 aromatic heterocycles. The zero-order chi connectivity index (χ0) is 11.7. The van der Waals surface area contributed by atoms with E-state index in [0.717, 1.165) is 24.0 Å². The Morgan fingerprint density at radius 2 is 1.93 bits per heavy atom. The second-order valence-electron chi connectivity index (χ2n) is 5.34. The molecule has 1 nitrogen and oxygen atoms in total. The van der Waals surface area contributed by atoms with Crippen LogP contribution in [0.1, 0.15) is 66.2 Å². The van der Waals surface area contributed by atoms with E-state index in [4.69, 9.17) is 0 Å². The van der Waals surface area contributed by atoms with Crippen molar-refractivity contribution < 1.29 is 4.79 Å². The molecule has 1 fully saturated rings. The Balaban J connectivity index is 0.000000423. The molecule has 0 saturated heterocycles. The zero-order valence-electron chi connectivity index (χ0n) is 11.0. The smallest absolute Gasteiger partial charge is 0.119 e. The summed E-state index contributed by atoms with van der Waals surface area (Å²) in [5.74, 6) is 2.97. The summed E-state index contributed by atoms with van der Waals surface area (Å²) in [5, 5.41) is 0. The third kappa shape index (κ3) is 8.65. The second-order valence-corrected chi connectivity index (χ2v) is 5.34. The number of aldehydes is 1. The van der Waals surface area contributed by atoms with E-state index >= 15 is 0 Å². The molecule has 1 rings (SSSR count). The normalized spacial score (nSPS) is 25.7. The third-order valence-corrected chi connectivity index (χ3v) is 3.02. The van der Waals surface area contributed by atoms with Gasteiger partial charge in [-0.15, -0.1) is 0 Å². The van der Waals surface area contributed by atoms with E-state index in [1.807, 2.05) is 6.92 Å². The number of carbonyl (C=O) groups is 1. The molecule has 1 aliphatic carbocycles. The summed E-state index contributed by atoms with van der Waals surface area (Å²) in [7, 11) is 0. The molecule has 0 heterocycles. The van der Waals surface area contributed by atoms with E-state index in [1.165, 1.54) is 32.1 Å². The Hall–Kier alpha value is -0.330. The fourth-order valence-electron chi connectivity index (χ4n) is 2.44. The predicted octanol–water partition coefficient (Wildman–Crippen LogP) is 4.45. The van der Waals surface area contributed by atoms with Crippen LogP contribution in [-0.4, -0.2) is 6.29 Å². The molecule has 0 amide bonds. The van der Waals surface area contributed by atoms with E-state index in [9.17, 15) is 4.79 Å². The summed E-state index contributed by atoms with van der Waals surface area (Å²) < 4.78 is 0. The van der Waals surface area contributed by atoms with Gasteiger partial charge >= 0.3 is 0 Å². The Morgan fingerprint density at radius 1 is 1.33 bits per heavy atom. The van der Waals surface area contributed by atoms with Crippen LogP contribution in [0.4, 0.5) is 0 Å². The molecule has 2 atom stereocenters. The van der Waals surface area contributed by atoms with Crippen LogP contribution in [0.25, 0.3) is 0 Å². The van der Waals surface area contributed by atoms with Crippen LogP contribution in [0.2, 0.25) is 0 Å². The van der Waals surface area contributed by atoms with Crippen molar-refractivity contribution in [3.63, 3.8) is 0 Å². The molecule has 0 spiro atoms. The van der Waals surface area contributed by atoms with E-state index < -0.39 is 0 Å². The van der Waals surface area contributed by atoms with Crippen molar-refractivity contribution in [1.29, 1.82) is 0 Å². The second kappa shape index (κ2) is 8.94. The maximum absolute atomic E-state index is 9.17. The molecule has 0 unspecified atom stereocenters. The average Bonchev–Trinajstić information content (AvgIpc) is 2.17. The van der Waals surface area contributed by atoms with Crippen molar-refractivity contribution in [2.75, 3.05) is 0 Å².